The van der Waals surface area contributed by atoms with Gasteiger partial charge in [0, 0.05) is 48.5 Å². The molecule has 3 aromatic rings. The lowest BCUT2D eigenvalue weighted by atomic mass is 10.0. The minimum atomic E-state index is -0.536. The second-order valence-corrected chi connectivity index (χ2v) is 9.18. The molecular formula is C24H25ClFN5O2. The molecule has 1 saturated heterocycles. The number of carbonyl (C=O) groups is 1. The van der Waals surface area contributed by atoms with Gasteiger partial charge in [0.2, 0.25) is 0 Å². The highest BCUT2D eigenvalue weighted by Crippen LogP contribution is 2.32. The van der Waals surface area contributed by atoms with Crippen LogP contribution in [0.15, 0.2) is 48.9 Å². The summed E-state index contributed by atoms with van der Waals surface area (Å²) in [4.78, 5) is 29.4. The van der Waals surface area contributed by atoms with Crippen molar-refractivity contribution in [3.8, 4) is 22.5 Å². The summed E-state index contributed by atoms with van der Waals surface area (Å²) < 4.78 is 20.0. The molecule has 2 aromatic heterocycles. The fraction of sp³-hybridized carbons (Fsp3) is 0.333. The summed E-state index contributed by atoms with van der Waals surface area (Å²) in [6.45, 7) is 7.72. The molecule has 1 aromatic carbocycles. The van der Waals surface area contributed by atoms with E-state index in [9.17, 15) is 9.18 Å². The van der Waals surface area contributed by atoms with Crippen LogP contribution < -0.4 is 4.90 Å². The molecule has 0 radical (unpaired) electrons. The summed E-state index contributed by atoms with van der Waals surface area (Å²) in [7, 11) is 0. The van der Waals surface area contributed by atoms with Gasteiger partial charge in [-0.2, -0.15) is 0 Å². The van der Waals surface area contributed by atoms with Crippen LogP contribution in [0.3, 0.4) is 0 Å². The lowest BCUT2D eigenvalue weighted by Gasteiger charge is -2.36. The first-order valence-electron chi connectivity index (χ1n) is 10.7. The Bertz CT molecular complexity index is 1140. The number of nitrogens with zero attached hydrogens (tertiary/aromatic N) is 5. The largest absolute Gasteiger partial charge is 0.444 e. The maximum absolute atomic E-state index is 14.5. The first kappa shape index (κ1) is 22.9. The molecule has 33 heavy (non-hydrogen) atoms. The van der Waals surface area contributed by atoms with Gasteiger partial charge in [-0.3, -0.25) is 4.98 Å². The van der Waals surface area contributed by atoms with Crippen LogP contribution in [0, 0.1) is 5.82 Å². The molecule has 0 spiro atoms. The van der Waals surface area contributed by atoms with Gasteiger partial charge < -0.3 is 14.5 Å². The Kier molecular flexibility index (Phi) is 6.47. The maximum Gasteiger partial charge on any atom is 0.410 e. The van der Waals surface area contributed by atoms with Gasteiger partial charge in [-0.1, -0.05) is 23.7 Å². The van der Waals surface area contributed by atoms with Crippen LogP contribution in [0.25, 0.3) is 22.5 Å². The molecule has 4 rings (SSSR count). The second kappa shape index (κ2) is 9.31. The third-order valence-corrected chi connectivity index (χ3v) is 5.41. The summed E-state index contributed by atoms with van der Waals surface area (Å²) in [5, 5.41) is 0.595. The molecule has 0 saturated carbocycles. The van der Waals surface area contributed by atoms with Crippen molar-refractivity contribution < 1.29 is 13.9 Å². The predicted octanol–water partition coefficient (Wildman–Crippen LogP) is 5.06. The predicted molar refractivity (Wildman–Crippen MR) is 126 cm³/mol. The number of hydrogen-bond acceptors (Lipinski definition) is 6. The Morgan fingerprint density at radius 1 is 1.03 bits per heavy atom. The number of anilines is 1. The molecule has 3 heterocycles. The Morgan fingerprint density at radius 3 is 2.36 bits per heavy atom. The van der Waals surface area contributed by atoms with Crippen molar-refractivity contribution in [2.45, 2.75) is 26.4 Å². The average molecular weight is 470 g/mol. The van der Waals surface area contributed by atoms with Gasteiger partial charge in [0.1, 0.15) is 11.4 Å². The zero-order valence-corrected chi connectivity index (χ0v) is 19.5. The number of ether oxygens (including phenoxy) is 1. The smallest absolute Gasteiger partial charge is 0.410 e. The van der Waals surface area contributed by atoms with Gasteiger partial charge in [0.15, 0.2) is 5.82 Å². The van der Waals surface area contributed by atoms with Gasteiger partial charge in [0.25, 0.3) is 0 Å². The van der Waals surface area contributed by atoms with E-state index >= 15 is 0 Å². The first-order valence-corrected chi connectivity index (χ1v) is 11.0. The number of pyridine rings is 1. The van der Waals surface area contributed by atoms with E-state index in [2.05, 4.69) is 14.9 Å². The minimum Gasteiger partial charge on any atom is -0.444 e. The quantitative estimate of drug-likeness (QED) is 0.534. The molecule has 9 heteroatoms. The van der Waals surface area contributed by atoms with Crippen molar-refractivity contribution in [3.63, 3.8) is 0 Å². The number of benzene rings is 1. The van der Waals surface area contributed by atoms with Gasteiger partial charge in [-0.05, 0) is 39.0 Å². The SMILES string of the molecule is CC(C)(C)OC(=O)N1CCN(c2cnc(-c3ccncc3F)c(-c3ccc(Cl)cc3)n2)CC1. The highest BCUT2D eigenvalue weighted by atomic mass is 35.5. The molecule has 0 aliphatic carbocycles. The van der Waals surface area contributed by atoms with E-state index in [1.54, 1.807) is 29.3 Å². The average Bonchev–Trinajstić information content (AvgIpc) is 2.79. The summed E-state index contributed by atoms with van der Waals surface area (Å²) in [5.41, 5.74) is 1.53. The van der Waals surface area contributed by atoms with E-state index in [1.165, 1.54) is 6.20 Å². The molecule has 0 atom stereocenters. The van der Waals surface area contributed by atoms with Gasteiger partial charge >= 0.3 is 6.09 Å². The molecular weight excluding hydrogens is 445 g/mol. The van der Waals surface area contributed by atoms with E-state index in [-0.39, 0.29) is 6.09 Å². The Hall–Kier alpha value is -3.26. The summed E-state index contributed by atoms with van der Waals surface area (Å²) >= 11 is 6.06. The molecule has 0 bridgehead atoms. The van der Waals surface area contributed by atoms with Gasteiger partial charge in [-0.25, -0.2) is 19.2 Å². The van der Waals surface area contributed by atoms with Crippen molar-refractivity contribution >= 4 is 23.5 Å². The Balaban J connectivity index is 1.62. The fourth-order valence-corrected chi connectivity index (χ4v) is 3.68. The monoisotopic (exact) mass is 469 g/mol. The van der Waals surface area contributed by atoms with Crippen LogP contribution in [-0.4, -0.2) is 57.7 Å². The van der Waals surface area contributed by atoms with Crippen LogP contribution >= 0.6 is 11.6 Å². The highest BCUT2D eigenvalue weighted by molar-refractivity contribution is 6.30. The number of carbonyl (C=O) groups excluding carboxylic acids is 1. The summed E-state index contributed by atoms with van der Waals surface area (Å²) in [5.74, 6) is 0.183. The molecule has 0 unspecified atom stereocenters. The van der Waals surface area contributed by atoms with Crippen molar-refractivity contribution in [2.24, 2.45) is 0 Å². The summed E-state index contributed by atoms with van der Waals surface area (Å²) in [6.07, 6.45) is 4.00. The number of piperazine rings is 1. The highest BCUT2D eigenvalue weighted by Gasteiger charge is 2.27. The Labute approximate surface area is 197 Å². The molecule has 1 aliphatic rings. The van der Waals surface area contributed by atoms with Crippen LogP contribution in [0.1, 0.15) is 20.8 Å². The lowest BCUT2D eigenvalue weighted by Crippen LogP contribution is -2.50. The summed E-state index contributed by atoms with van der Waals surface area (Å²) in [6, 6.07) is 8.77. The maximum atomic E-state index is 14.5. The number of aromatic nitrogens is 3. The van der Waals surface area contributed by atoms with E-state index in [1.807, 2.05) is 32.9 Å². The first-order chi connectivity index (χ1) is 15.7. The van der Waals surface area contributed by atoms with Crippen molar-refractivity contribution in [1.82, 2.24) is 19.9 Å². The number of rotatable bonds is 3. The second-order valence-electron chi connectivity index (χ2n) is 8.74. The molecule has 1 amide bonds. The minimum absolute atomic E-state index is 0.321. The van der Waals surface area contributed by atoms with Crippen molar-refractivity contribution in [3.05, 3.63) is 59.8 Å². The van der Waals surface area contributed by atoms with Gasteiger partial charge in [-0.15, -0.1) is 0 Å². The molecule has 172 valence electrons. The third-order valence-electron chi connectivity index (χ3n) is 5.16. The molecule has 1 aliphatic heterocycles. The van der Waals surface area contributed by atoms with E-state index in [0.29, 0.717) is 54.0 Å². The van der Waals surface area contributed by atoms with Gasteiger partial charge in [0.05, 0.1) is 23.8 Å². The Morgan fingerprint density at radius 2 is 1.73 bits per heavy atom. The van der Waals surface area contributed by atoms with E-state index in [0.717, 1.165) is 11.8 Å². The topological polar surface area (TPSA) is 71.5 Å². The molecule has 0 N–H and O–H groups in total. The van der Waals surface area contributed by atoms with Crippen LogP contribution in [0.4, 0.5) is 15.0 Å². The number of amides is 1. The zero-order valence-electron chi connectivity index (χ0n) is 18.8. The van der Waals surface area contributed by atoms with Crippen LogP contribution in [0.5, 0.6) is 0 Å². The standard InChI is InChI=1S/C24H25ClFN5O2/c1-24(2,3)33-23(32)31-12-10-30(11-13-31)20-15-28-22(18-8-9-27-14-19(18)26)21(29-20)16-4-6-17(25)7-5-16/h4-9,14-15H,10-13H2,1-3H3. The van der Waals surface area contributed by atoms with Crippen molar-refractivity contribution in [2.75, 3.05) is 31.1 Å². The fourth-order valence-electron chi connectivity index (χ4n) is 3.55. The van der Waals surface area contributed by atoms with Crippen molar-refractivity contribution in [1.29, 1.82) is 0 Å². The molecule has 1 fully saturated rings. The van der Waals surface area contributed by atoms with E-state index in [4.69, 9.17) is 21.3 Å². The van der Waals surface area contributed by atoms with E-state index < -0.39 is 11.4 Å². The third kappa shape index (κ3) is 5.39. The van der Waals surface area contributed by atoms with Crippen LogP contribution in [-0.2, 0) is 4.74 Å². The normalized spacial score (nSPS) is 14.3. The zero-order chi connectivity index (χ0) is 23.6. The lowest BCUT2D eigenvalue weighted by molar-refractivity contribution is 0.0240. The number of hydrogen-bond donors (Lipinski definition) is 0. The van der Waals surface area contributed by atoms with Crippen LogP contribution in [0.2, 0.25) is 5.02 Å². The number of halogens is 2. The molecule has 7 nitrogen and oxygen atoms in total.